The van der Waals surface area contributed by atoms with Gasteiger partial charge in [0.1, 0.15) is 0 Å². The fourth-order valence-electron chi connectivity index (χ4n) is 1.65. The van der Waals surface area contributed by atoms with Crippen molar-refractivity contribution in [3.05, 3.63) is 35.9 Å². The number of nitrogens with zero attached hydrogens (tertiary/aromatic N) is 1. The number of pyridine rings is 1. The summed E-state index contributed by atoms with van der Waals surface area (Å²) in [6.07, 6.45) is 2.95. The maximum Gasteiger partial charge on any atom is 0.0997 e. The number of hydrogen-bond acceptors (Lipinski definition) is 3. The van der Waals surface area contributed by atoms with Gasteiger partial charge in [-0.3, -0.25) is 0 Å². The predicted molar refractivity (Wildman–Crippen MR) is 66.3 cm³/mol. The fraction of sp³-hybridized carbons (Fsp3) is 0.250. The maximum absolute atomic E-state index is 5.59. The van der Waals surface area contributed by atoms with Crippen LogP contribution >= 0.6 is 11.8 Å². The number of para-hydroxylation sites is 1. The average Bonchev–Trinajstić information content (AvgIpc) is 2.28. The van der Waals surface area contributed by atoms with E-state index < -0.39 is 0 Å². The van der Waals surface area contributed by atoms with Gasteiger partial charge in [0.2, 0.25) is 0 Å². The first kappa shape index (κ1) is 10.5. The summed E-state index contributed by atoms with van der Waals surface area (Å²) in [5, 5.41) is 2.29. The Labute approximate surface area is 93.9 Å². The largest absolute Gasteiger partial charge is 0.330 e. The van der Waals surface area contributed by atoms with Gasteiger partial charge in [0.05, 0.1) is 10.5 Å². The summed E-state index contributed by atoms with van der Waals surface area (Å²) < 4.78 is 0. The van der Waals surface area contributed by atoms with E-state index in [-0.39, 0.29) is 0 Å². The molecule has 0 bridgehead atoms. The first-order valence-corrected chi connectivity index (χ1v) is 6.20. The van der Waals surface area contributed by atoms with Gasteiger partial charge in [0.15, 0.2) is 0 Å². The van der Waals surface area contributed by atoms with Crippen LogP contribution in [0.4, 0.5) is 0 Å². The first-order valence-electron chi connectivity index (χ1n) is 4.98. The lowest BCUT2D eigenvalue weighted by Gasteiger charge is -2.07. The summed E-state index contributed by atoms with van der Waals surface area (Å²) in [5.74, 6) is 0. The normalized spacial score (nSPS) is 10.8. The molecule has 2 nitrogen and oxygen atoms in total. The summed E-state index contributed by atoms with van der Waals surface area (Å²) >= 11 is 1.68. The molecule has 0 spiro atoms. The lowest BCUT2D eigenvalue weighted by atomic mass is 10.1. The summed E-state index contributed by atoms with van der Waals surface area (Å²) in [7, 11) is 0. The second-order valence-electron chi connectivity index (χ2n) is 3.39. The zero-order valence-corrected chi connectivity index (χ0v) is 9.55. The van der Waals surface area contributed by atoms with Crippen LogP contribution in [0.2, 0.25) is 0 Å². The molecule has 0 unspecified atom stereocenters. The molecule has 0 aliphatic carbocycles. The third kappa shape index (κ3) is 2.13. The highest BCUT2D eigenvalue weighted by molar-refractivity contribution is 7.98. The topological polar surface area (TPSA) is 38.9 Å². The van der Waals surface area contributed by atoms with Gasteiger partial charge >= 0.3 is 0 Å². The Bertz CT molecular complexity index is 468. The SMILES string of the molecule is CSc1nc2ccccc2cc1CCN. The second kappa shape index (κ2) is 4.64. The monoisotopic (exact) mass is 218 g/mol. The van der Waals surface area contributed by atoms with E-state index in [1.165, 1.54) is 10.9 Å². The van der Waals surface area contributed by atoms with E-state index >= 15 is 0 Å². The van der Waals surface area contributed by atoms with Gasteiger partial charge in [-0.2, -0.15) is 0 Å². The Hall–Kier alpha value is -1.06. The van der Waals surface area contributed by atoms with Crippen molar-refractivity contribution in [1.29, 1.82) is 0 Å². The van der Waals surface area contributed by atoms with Crippen LogP contribution in [0.5, 0.6) is 0 Å². The molecule has 3 heteroatoms. The Balaban J connectivity index is 2.58. The molecule has 0 aliphatic heterocycles. The number of benzene rings is 1. The summed E-state index contributed by atoms with van der Waals surface area (Å²) in [5.41, 5.74) is 7.90. The highest BCUT2D eigenvalue weighted by atomic mass is 32.2. The van der Waals surface area contributed by atoms with Gasteiger partial charge in [0.25, 0.3) is 0 Å². The summed E-state index contributed by atoms with van der Waals surface area (Å²) in [6.45, 7) is 0.674. The Morgan fingerprint density at radius 1 is 1.33 bits per heavy atom. The molecule has 78 valence electrons. The van der Waals surface area contributed by atoms with Gasteiger partial charge < -0.3 is 5.73 Å². The number of rotatable bonds is 3. The molecular formula is C12H14N2S. The average molecular weight is 218 g/mol. The van der Waals surface area contributed by atoms with Gasteiger partial charge in [-0.05, 0) is 36.9 Å². The van der Waals surface area contributed by atoms with E-state index in [1.807, 2.05) is 18.2 Å². The van der Waals surface area contributed by atoms with Crippen molar-refractivity contribution in [2.75, 3.05) is 12.8 Å². The van der Waals surface area contributed by atoms with E-state index in [0.717, 1.165) is 17.0 Å². The van der Waals surface area contributed by atoms with Crippen molar-refractivity contribution in [3.8, 4) is 0 Å². The van der Waals surface area contributed by atoms with Crippen molar-refractivity contribution >= 4 is 22.7 Å². The molecule has 2 aromatic rings. The van der Waals surface area contributed by atoms with Crippen LogP contribution in [-0.4, -0.2) is 17.8 Å². The van der Waals surface area contributed by atoms with Crippen LogP contribution in [-0.2, 0) is 6.42 Å². The molecule has 0 atom stereocenters. The van der Waals surface area contributed by atoms with Crippen LogP contribution in [0, 0.1) is 0 Å². The zero-order chi connectivity index (χ0) is 10.7. The van der Waals surface area contributed by atoms with Crippen molar-refractivity contribution in [1.82, 2.24) is 4.98 Å². The molecule has 0 amide bonds. The van der Waals surface area contributed by atoms with Gasteiger partial charge in [0, 0.05) is 5.39 Å². The predicted octanol–water partition coefficient (Wildman–Crippen LogP) is 2.46. The molecule has 1 aromatic carbocycles. The van der Waals surface area contributed by atoms with Crippen molar-refractivity contribution in [3.63, 3.8) is 0 Å². The molecule has 1 heterocycles. The van der Waals surface area contributed by atoms with Crippen molar-refractivity contribution < 1.29 is 0 Å². The molecular weight excluding hydrogens is 204 g/mol. The summed E-state index contributed by atoms with van der Waals surface area (Å²) in [4.78, 5) is 4.62. The molecule has 0 fully saturated rings. The minimum atomic E-state index is 0.674. The smallest absolute Gasteiger partial charge is 0.0997 e. The fourth-order valence-corrected chi connectivity index (χ4v) is 2.27. The third-order valence-electron chi connectivity index (χ3n) is 2.37. The van der Waals surface area contributed by atoms with E-state index in [4.69, 9.17) is 5.73 Å². The molecule has 0 aliphatic rings. The zero-order valence-electron chi connectivity index (χ0n) is 8.73. The van der Waals surface area contributed by atoms with Crippen molar-refractivity contribution in [2.24, 2.45) is 5.73 Å². The van der Waals surface area contributed by atoms with Crippen LogP contribution in [0.3, 0.4) is 0 Å². The maximum atomic E-state index is 5.59. The Kier molecular flexibility index (Phi) is 3.23. The highest BCUT2D eigenvalue weighted by Gasteiger charge is 2.04. The standard InChI is InChI=1S/C12H14N2S/c1-15-12-10(6-7-13)8-9-4-2-3-5-11(9)14-12/h2-5,8H,6-7,13H2,1H3. The van der Waals surface area contributed by atoms with E-state index in [9.17, 15) is 0 Å². The Morgan fingerprint density at radius 3 is 2.87 bits per heavy atom. The minimum absolute atomic E-state index is 0.674. The van der Waals surface area contributed by atoms with E-state index in [1.54, 1.807) is 11.8 Å². The molecule has 0 saturated heterocycles. The van der Waals surface area contributed by atoms with Crippen LogP contribution in [0.25, 0.3) is 10.9 Å². The van der Waals surface area contributed by atoms with Crippen LogP contribution < -0.4 is 5.73 Å². The Morgan fingerprint density at radius 2 is 2.13 bits per heavy atom. The number of thioether (sulfide) groups is 1. The van der Waals surface area contributed by atoms with Gasteiger partial charge in [-0.1, -0.05) is 18.2 Å². The van der Waals surface area contributed by atoms with Gasteiger partial charge in [-0.25, -0.2) is 4.98 Å². The third-order valence-corrected chi connectivity index (χ3v) is 3.11. The molecule has 1 aromatic heterocycles. The van der Waals surface area contributed by atoms with Crippen LogP contribution in [0.1, 0.15) is 5.56 Å². The van der Waals surface area contributed by atoms with E-state index in [2.05, 4.69) is 23.4 Å². The molecule has 2 rings (SSSR count). The molecule has 15 heavy (non-hydrogen) atoms. The first-order chi connectivity index (χ1) is 7.35. The second-order valence-corrected chi connectivity index (χ2v) is 4.18. The number of fused-ring (bicyclic) bond motifs is 1. The minimum Gasteiger partial charge on any atom is -0.330 e. The molecule has 0 radical (unpaired) electrons. The molecule has 2 N–H and O–H groups in total. The van der Waals surface area contributed by atoms with Crippen molar-refractivity contribution in [2.45, 2.75) is 11.4 Å². The summed E-state index contributed by atoms with van der Waals surface area (Å²) in [6, 6.07) is 10.4. The lowest BCUT2D eigenvalue weighted by molar-refractivity contribution is 0.923. The molecule has 0 saturated carbocycles. The van der Waals surface area contributed by atoms with Crippen LogP contribution in [0.15, 0.2) is 35.4 Å². The number of nitrogens with two attached hydrogens (primary N) is 1. The quantitative estimate of drug-likeness (QED) is 0.804. The van der Waals surface area contributed by atoms with E-state index in [0.29, 0.717) is 6.54 Å². The number of hydrogen-bond donors (Lipinski definition) is 1. The lowest BCUT2D eigenvalue weighted by Crippen LogP contribution is -2.04. The number of aromatic nitrogens is 1. The highest BCUT2D eigenvalue weighted by Crippen LogP contribution is 2.23. The van der Waals surface area contributed by atoms with Gasteiger partial charge in [-0.15, -0.1) is 11.8 Å².